The normalized spacial score (nSPS) is 12.4. The lowest BCUT2D eigenvalue weighted by Crippen LogP contribution is -2.29. The summed E-state index contributed by atoms with van der Waals surface area (Å²) in [5, 5.41) is 4.14. The van der Waals surface area contributed by atoms with Crippen LogP contribution in [-0.4, -0.2) is 11.2 Å². The molecule has 0 spiro atoms. The standard InChI is InChI=1S/C16H24BrNO/c1-13(2)12-15(14-8-4-3-5-9-14)18-16(19)10-6-7-11-17/h3-5,8-9,13,15H,6-7,10-12H2,1-2H3,(H,18,19). The fourth-order valence-corrected chi connectivity index (χ4v) is 2.48. The van der Waals surface area contributed by atoms with Gasteiger partial charge in [-0.15, -0.1) is 0 Å². The van der Waals surface area contributed by atoms with Crippen molar-refractivity contribution in [3.63, 3.8) is 0 Å². The predicted octanol–water partition coefficient (Wildman–Crippen LogP) is 4.46. The molecule has 0 radical (unpaired) electrons. The predicted molar refractivity (Wildman–Crippen MR) is 84.4 cm³/mol. The van der Waals surface area contributed by atoms with Gasteiger partial charge in [0.25, 0.3) is 0 Å². The second kappa shape index (κ2) is 9.13. The number of unbranched alkanes of at least 4 members (excludes halogenated alkanes) is 1. The maximum absolute atomic E-state index is 12.0. The van der Waals surface area contributed by atoms with Crippen molar-refractivity contribution in [2.45, 2.75) is 45.6 Å². The summed E-state index contributed by atoms with van der Waals surface area (Å²) in [4.78, 5) is 12.0. The van der Waals surface area contributed by atoms with Gasteiger partial charge >= 0.3 is 0 Å². The first-order valence-electron chi connectivity index (χ1n) is 7.03. The molecule has 1 atom stereocenters. The third kappa shape index (κ3) is 6.76. The van der Waals surface area contributed by atoms with E-state index in [1.54, 1.807) is 0 Å². The van der Waals surface area contributed by atoms with Crippen molar-refractivity contribution in [1.29, 1.82) is 0 Å². The van der Waals surface area contributed by atoms with Gasteiger partial charge in [0.05, 0.1) is 6.04 Å². The molecule has 19 heavy (non-hydrogen) atoms. The number of halogens is 1. The van der Waals surface area contributed by atoms with Gasteiger partial charge in [0, 0.05) is 11.8 Å². The second-order valence-corrected chi connectivity index (χ2v) is 6.10. The summed E-state index contributed by atoms with van der Waals surface area (Å²) in [6, 6.07) is 10.4. The molecule has 0 saturated heterocycles. The third-order valence-corrected chi connectivity index (χ3v) is 3.59. The number of alkyl halides is 1. The van der Waals surface area contributed by atoms with Gasteiger partial charge in [-0.05, 0) is 30.7 Å². The SMILES string of the molecule is CC(C)CC(NC(=O)CCCCBr)c1ccccc1. The molecule has 0 aliphatic heterocycles. The first kappa shape index (κ1) is 16.2. The molecule has 0 heterocycles. The molecule has 0 aliphatic rings. The first-order chi connectivity index (χ1) is 9.13. The van der Waals surface area contributed by atoms with Crippen LogP contribution in [0.3, 0.4) is 0 Å². The lowest BCUT2D eigenvalue weighted by molar-refractivity contribution is -0.122. The van der Waals surface area contributed by atoms with Crippen molar-refractivity contribution < 1.29 is 4.79 Å². The van der Waals surface area contributed by atoms with E-state index in [1.165, 1.54) is 5.56 Å². The van der Waals surface area contributed by atoms with Crippen LogP contribution >= 0.6 is 15.9 Å². The molecule has 0 saturated carbocycles. The van der Waals surface area contributed by atoms with Gasteiger partial charge < -0.3 is 5.32 Å². The van der Waals surface area contributed by atoms with E-state index in [4.69, 9.17) is 0 Å². The van der Waals surface area contributed by atoms with Gasteiger partial charge in [0.15, 0.2) is 0 Å². The van der Waals surface area contributed by atoms with Crippen LogP contribution in [0.4, 0.5) is 0 Å². The van der Waals surface area contributed by atoms with Gasteiger partial charge in [-0.1, -0.05) is 60.1 Å². The Morgan fingerprint density at radius 2 is 1.89 bits per heavy atom. The molecule has 0 fully saturated rings. The van der Waals surface area contributed by atoms with Crippen molar-refractivity contribution in [2.24, 2.45) is 5.92 Å². The van der Waals surface area contributed by atoms with E-state index in [0.717, 1.165) is 24.6 Å². The zero-order chi connectivity index (χ0) is 14.1. The molecule has 106 valence electrons. The fourth-order valence-electron chi connectivity index (χ4n) is 2.08. The molecule has 3 heteroatoms. The van der Waals surface area contributed by atoms with Crippen molar-refractivity contribution >= 4 is 21.8 Å². The maximum Gasteiger partial charge on any atom is 0.220 e. The van der Waals surface area contributed by atoms with Crippen LogP contribution < -0.4 is 5.32 Å². The highest BCUT2D eigenvalue weighted by molar-refractivity contribution is 9.09. The summed E-state index contributed by atoms with van der Waals surface area (Å²) in [5.41, 5.74) is 1.20. The molecular formula is C16H24BrNO. The zero-order valence-electron chi connectivity index (χ0n) is 11.9. The summed E-state index contributed by atoms with van der Waals surface area (Å²) < 4.78 is 0. The third-order valence-electron chi connectivity index (χ3n) is 3.03. The minimum atomic E-state index is 0.137. The Morgan fingerprint density at radius 3 is 2.47 bits per heavy atom. The Morgan fingerprint density at radius 1 is 1.21 bits per heavy atom. The van der Waals surface area contributed by atoms with Crippen LogP contribution in [0.1, 0.15) is 51.1 Å². The molecule has 0 aliphatic carbocycles. The van der Waals surface area contributed by atoms with Gasteiger partial charge in [-0.3, -0.25) is 4.79 Å². The van der Waals surface area contributed by atoms with Crippen molar-refractivity contribution in [3.05, 3.63) is 35.9 Å². The topological polar surface area (TPSA) is 29.1 Å². The van der Waals surface area contributed by atoms with E-state index in [0.29, 0.717) is 12.3 Å². The number of hydrogen-bond donors (Lipinski definition) is 1. The minimum absolute atomic E-state index is 0.137. The monoisotopic (exact) mass is 325 g/mol. The Bertz CT molecular complexity index is 364. The molecule has 2 nitrogen and oxygen atoms in total. The van der Waals surface area contributed by atoms with E-state index in [-0.39, 0.29) is 11.9 Å². The smallest absolute Gasteiger partial charge is 0.220 e. The number of benzene rings is 1. The molecule has 1 aromatic rings. The highest BCUT2D eigenvalue weighted by atomic mass is 79.9. The van der Waals surface area contributed by atoms with Crippen LogP contribution in [0.25, 0.3) is 0 Å². The number of carbonyl (C=O) groups excluding carboxylic acids is 1. The summed E-state index contributed by atoms with van der Waals surface area (Å²) in [6.45, 7) is 4.37. The molecule has 1 N–H and O–H groups in total. The average Bonchev–Trinajstić information content (AvgIpc) is 2.39. The molecule has 1 rings (SSSR count). The fraction of sp³-hybridized carbons (Fsp3) is 0.562. The van der Waals surface area contributed by atoms with Crippen molar-refractivity contribution in [2.75, 3.05) is 5.33 Å². The Hall–Kier alpha value is -0.830. The molecule has 1 unspecified atom stereocenters. The second-order valence-electron chi connectivity index (χ2n) is 5.31. The maximum atomic E-state index is 12.0. The number of amides is 1. The van der Waals surface area contributed by atoms with Crippen LogP contribution in [-0.2, 0) is 4.79 Å². The molecule has 1 aromatic carbocycles. The summed E-state index contributed by atoms with van der Waals surface area (Å²) in [7, 11) is 0. The van der Waals surface area contributed by atoms with Gasteiger partial charge in [-0.2, -0.15) is 0 Å². The van der Waals surface area contributed by atoms with Crippen LogP contribution in [0.5, 0.6) is 0 Å². The first-order valence-corrected chi connectivity index (χ1v) is 8.16. The van der Waals surface area contributed by atoms with Crippen molar-refractivity contribution in [1.82, 2.24) is 5.32 Å². The largest absolute Gasteiger partial charge is 0.349 e. The van der Waals surface area contributed by atoms with E-state index in [2.05, 4.69) is 47.2 Å². The summed E-state index contributed by atoms with van der Waals surface area (Å²) >= 11 is 3.39. The molecule has 1 amide bonds. The Balaban J connectivity index is 2.57. The van der Waals surface area contributed by atoms with Crippen LogP contribution in [0.2, 0.25) is 0 Å². The van der Waals surface area contributed by atoms with Crippen LogP contribution in [0, 0.1) is 5.92 Å². The zero-order valence-corrected chi connectivity index (χ0v) is 13.4. The van der Waals surface area contributed by atoms with Gasteiger partial charge in [-0.25, -0.2) is 0 Å². The molecule has 0 aromatic heterocycles. The van der Waals surface area contributed by atoms with E-state index < -0.39 is 0 Å². The van der Waals surface area contributed by atoms with E-state index in [9.17, 15) is 4.79 Å². The van der Waals surface area contributed by atoms with Gasteiger partial charge in [0.2, 0.25) is 5.91 Å². The summed E-state index contributed by atoms with van der Waals surface area (Å²) in [5.74, 6) is 0.725. The van der Waals surface area contributed by atoms with E-state index >= 15 is 0 Å². The van der Waals surface area contributed by atoms with Crippen LogP contribution in [0.15, 0.2) is 30.3 Å². The highest BCUT2D eigenvalue weighted by Gasteiger charge is 2.15. The minimum Gasteiger partial charge on any atom is -0.349 e. The average molecular weight is 326 g/mol. The molecular weight excluding hydrogens is 302 g/mol. The number of nitrogens with one attached hydrogen (secondary N) is 1. The molecule has 0 bridgehead atoms. The highest BCUT2D eigenvalue weighted by Crippen LogP contribution is 2.21. The van der Waals surface area contributed by atoms with E-state index in [1.807, 2.05) is 18.2 Å². The number of hydrogen-bond acceptors (Lipinski definition) is 1. The quantitative estimate of drug-likeness (QED) is 0.555. The Labute approximate surface area is 125 Å². The number of rotatable bonds is 8. The summed E-state index contributed by atoms with van der Waals surface area (Å²) in [6.07, 6.45) is 3.59. The number of carbonyl (C=O) groups is 1. The van der Waals surface area contributed by atoms with Crippen molar-refractivity contribution in [3.8, 4) is 0 Å². The lowest BCUT2D eigenvalue weighted by atomic mass is 9.97. The van der Waals surface area contributed by atoms with Gasteiger partial charge in [0.1, 0.15) is 0 Å². The lowest BCUT2D eigenvalue weighted by Gasteiger charge is -2.21. The Kier molecular flexibility index (Phi) is 7.80.